The molecule has 0 aromatic rings. The summed E-state index contributed by atoms with van der Waals surface area (Å²) in [4.78, 5) is 37.9. The molecule has 59 heavy (non-hydrogen) atoms. The van der Waals surface area contributed by atoms with Gasteiger partial charge in [-0.15, -0.1) is 0 Å². The van der Waals surface area contributed by atoms with Gasteiger partial charge in [0.1, 0.15) is 13.2 Å². The first kappa shape index (κ1) is 57.4. The molecule has 6 heteroatoms. The molecule has 0 amide bonds. The summed E-state index contributed by atoms with van der Waals surface area (Å²) in [6.07, 6.45) is 49.6. The van der Waals surface area contributed by atoms with Crippen molar-refractivity contribution in [2.45, 2.75) is 303 Å². The number of carbonyl (C=O) groups excluding carboxylic acids is 3. The second-order valence-corrected chi connectivity index (χ2v) is 18.6. The van der Waals surface area contributed by atoms with Crippen molar-refractivity contribution in [1.29, 1.82) is 0 Å². The largest absolute Gasteiger partial charge is 0.462 e. The molecule has 350 valence electrons. The molecule has 0 aromatic carbocycles. The number of carbonyl (C=O) groups is 3. The van der Waals surface area contributed by atoms with E-state index in [2.05, 4.69) is 27.7 Å². The van der Waals surface area contributed by atoms with Crippen molar-refractivity contribution in [2.75, 3.05) is 13.2 Å². The number of unbranched alkanes of at least 4 members (excludes halogenated alkanes) is 35. The molecule has 0 aliphatic rings. The van der Waals surface area contributed by atoms with Gasteiger partial charge in [-0.05, 0) is 25.2 Å². The summed E-state index contributed by atoms with van der Waals surface area (Å²) in [5, 5.41) is 0. The zero-order valence-electron chi connectivity index (χ0n) is 40.2. The molecule has 0 aliphatic carbocycles. The van der Waals surface area contributed by atoms with E-state index in [0.717, 1.165) is 63.7 Å². The first-order valence-corrected chi connectivity index (χ1v) is 26.4. The van der Waals surface area contributed by atoms with E-state index in [9.17, 15) is 14.4 Å². The number of hydrogen-bond acceptors (Lipinski definition) is 6. The van der Waals surface area contributed by atoms with Gasteiger partial charge in [-0.1, -0.05) is 259 Å². The zero-order chi connectivity index (χ0) is 43.1. The summed E-state index contributed by atoms with van der Waals surface area (Å²) >= 11 is 0. The Balaban J connectivity index is 4.22. The standard InChI is InChI=1S/C53H102O6/c1-5-7-9-11-13-15-17-19-20-21-22-23-24-25-27-28-32-36-40-44-51(54)57-47-50(48-58-52(55)45-41-37-34-30-31-35-39-43-49(3)4)59-53(56)46-42-38-33-29-26-18-16-14-12-10-8-6-2/h49-50H,5-48H2,1-4H3/t50-/m0/s1. The highest BCUT2D eigenvalue weighted by Gasteiger charge is 2.19. The normalized spacial score (nSPS) is 11.9. The van der Waals surface area contributed by atoms with Crippen LogP contribution in [0.15, 0.2) is 0 Å². The molecule has 0 bridgehead atoms. The predicted molar refractivity (Wildman–Crippen MR) is 252 cm³/mol. The van der Waals surface area contributed by atoms with Crippen molar-refractivity contribution in [1.82, 2.24) is 0 Å². The molecule has 0 aromatic heterocycles. The second kappa shape index (κ2) is 47.5. The molecule has 0 unspecified atom stereocenters. The van der Waals surface area contributed by atoms with Gasteiger partial charge in [0, 0.05) is 19.3 Å². The van der Waals surface area contributed by atoms with Gasteiger partial charge in [0.05, 0.1) is 0 Å². The van der Waals surface area contributed by atoms with E-state index >= 15 is 0 Å². The number of esters is 3. The van der Waals surface area contributed by atoms with E-state index in [1.165, 1.54) is 193 Å². The number of hydrogen-bond donors (Lipinski definition) is 0. The minimum atomic E-state index is -0.760. The highest BCUT2D eigenvalue weighted by molar-refractivity contribution is 5.71. The molecule has 0 heterocycles. The monoisotopic (exact) mass is 835 g/mol. The van der Waals surface area contributed by atoms with Crippen LogP contribution in [0.4, 0.5) is 0 Å². The van der Waals surface area contributed by atoms with E-state index in [0.29, 0.717) is 19.3 Å². The first-order chi connectivity index (χ1) is 28.9. The Morgan fingerprint density at radius 3 is 0.831 bits per heavy atom. The summed E-state index contributed by atoms with van der Waals surface area (Å²) in [6.45, 7) is 8.98. The van der Waals surface area contributed by atoms with Crippen molar-refractivity contribution in [3.63, 3.8) is 0 Å². The fourth-order valence-electron chi connectivity index (χ4n) is 8.04. The van der Waals surface area contributed by atoms with Crippen molar-refractivity contribution in [3.05, 3.63) is 0 Å². The highest BCUT2D eigenvalue weighted by Crippen LogP contribution is 2.17. The van der Waals surface area contributed by atoms with E-state index in [4.69, 9.17) is 14.2 Å². The van der Waals surface area contributed by atoms with Crippen LogP contribution in [0.5, 0.6) is 0 Å². The zero-order valence-corrected chi connectivity index (χ0v) is 40.2. The Kier molecular flexibility index (Phi) is 46.2. The van der Waals surface area contributed by atoms with Crippen LogP contribution in [0, 0.1) is 5.92 Å². The third kappa shape index (κ3) is 47.3. The molecule has 0 spiro atoms. The molecule has 1 atom stereocenters. The fourth-order valence-corrected chi connectivity index (χ4v) is 8.04. The molecular weight excluding hydrogens is 733 g/mol. The lowest BCUT2D eigenvalue weighted by Crippen LogP contribution is -2.30. The van der Waals surface area contributed by atoms with Crippen molar-refractivity contribution < 1.29 is 28.6 Å². The van der Waals surface area contributed by atoms with Gasteiger partial charge in [0.15, 0.2) is 6.10 Å². The van der Waals surface area contributed by atoms with Gasteiger partial charge in [0.25, 0.3) is 0 Å². The Labute approximate surface area is 368 Å². The Morgan fingerprint density at radius 2 is 0.559 bits per heavy atom. The maximum Gasteiger partial charge on any atom is 0.306 e. The quantitative estimate of drug-likeness (QED) is 0.0345. The molecule has 0 aliphatic heterocycles. The number of ether oxygens (including phenoxy) is 3. The summed E-state index contributed by atoms with van der Waals surface area (Å²) in [6, 6.07) is 0. The lowest BCUT2D eigenvalue weighted by Gasteiger charge is -2.18. The summed E-state index contributed by atoms with van der Waals surface area (Å²) in [5.41, 5.74) is 0. The molecule has 0 radical (unpaired) electrons. The van der Waals surface area contributed by atoms with Crippen molar-refractivity contribution >= 4 is 17.9 Å². The van der Waals surface area contributed by atoms with Crippen LogP contribution in [0.1, 0.15) is 297 Å². The van der Waals surface area contributed by atoms with Crippen molar-refractivity contribution in [3.8, 4) is 0 Å². The Morgan fingerprint density at radius 1 is 0.322 bits per heavy atom. The fraction of sp³-hybridized carbons (Fsp3) is 0.943. The van der Waals surface area contributed by atoms with Crippen LogP contribution in [-0.2, 0) is 28.6 Å². The third-order valence-electron chi connectivity index (χ3n) is 12.0. The van der Waals surface area contributed by atoms with Gasteiger partial charge in [0.2, 0.25) is 0 Å². The van der Waals surface area contributed by atoms with Gasteiger partial charge in [-0.25, -0.2) is 0 Å². The van der Waals surface area contributed by atoms with E-state index < -0.39 is 6.10 Å². The molecule has 0 rings (SSSR count). The highest BCUT2D eigenvalue weighted by atomic mass is 16.6. The maximum atomic E-state index is 12.8. The van der Waals surface area contributed by atoms with Crippen LogP contribution >= 0.6 is 0 Å². The Bertz CT molecular complexity index is 887. The smallest absolute Gasteiger partial charge is 0.306 e. The van der Waals surface area contributed by atoms with E-state index in [-0.39, 0.29) is 31.1 Å². The average Bonchev–Trinajstić information content (AvgIpc) is 3.22. The van der Waals surface area contributed by atoms with Crippen LogP contribution in [-0.4, -0.2) is 37.2 Å². The molecule has 0 saturated carbocycles. The molecule has 0 fully saturated rings. The van der Waals surface area contributed by atoms with E-state index in [1.807, 2.05) is 0 Å². The van der Waals surface area contributed by atoms with E-state index in [1.54, 1.807) is 0 Å². The number of rotatable bonds is 48. The van der Waals surface area contributed by atoms with Crippen LogP contribution < -0.4 is 0 Å². The van der Waals surface area contributed by atoms with Crippen LogP contribution in [0.3, 0.4) is 0 Å². The van der Waals surface area contributed by atoms with Gasteiger partial charge < -0.3 is 14.2 Å². The first-order valence-electron chi connectivity index (χ1n) is 26.4. The Hall–Kier alpha value is -1.59. The summed E-state index contributed by atoms with van der Waals surface area (Å²) < 4.78 is 16.8. The van der Waals surface area contributed by atoms with Gasteiger partial charge >= 0.3 is 17.9 Å². The second-order valence-electron chi connectivity index (χ2n) is 18.6. The minimum Gasteiger partial charge on any atom is -0.462 e. The third-order valence-corrected chi connectivity index (χ3v) is 12.0. The van der Waals surface area contributed by atoms with Crippen LogP contribution in [0.25, 0.3) is 0 Å². The lowest BCUT2D eigenvalue weighted by atomic mass is 10.0. The lowest BCUT2D eigenvalue weighted by molar-refractivity contribution is -0.167. The van der Waals surface area contributed by atoms with Gasteiger partial charge in [-0.3, -0.25) is 14.4 Å². The SMILES string of the molecule is CCCCCCCCCCCCCCCCCCCCCC(=O)OC[C@@H](COC(=O)CCCCCCCCCC(C)C)OC(=O)CCCCCCCCCCCCCC. The molecule has 6 nitrogen and oxygen atoms in total. The summed E-state index contributed by atoms with van der Waals surface area (Å²) in [7, 11) is 0. The topological polar surface area (TPSA) is 78.9 Å². The van der Waals surface area contributed by atoms with Gasteiger partial charge in [-0.2, -0.15) is 0 Å². The minimum absolute atomic E-state index is 0.0633. The predicted octanol–water partition coefficient (Wildman–Crippen LogP) is 17.1. The maximum absolute atomic E-state index is 12.8. The molecular formula is C53H102O6. The molecule has 0 saturated heterocycles. The van der Waals surface area contributed by atoms with Crippen molar-refractivity contribution in [2.24, 2.45) is 5.92 Å². The average molecular weight is 835 g/mol. The molecule has 0 N–H and O–H groups in total. The van der Waals surface area contributed by atoms with Crippen LogP contribution in [0.2, 0.25) is 0 Å². The summed E-state index contributed by atoms with van der Waals surface area (Å²) in [5.74, 6) is -0.0659.